The van der Waals surface area contributed by atoms with Crippen molar-refractivity contribution in [1.82, 2.24) is 14.9 Å². The topological polar surface area (TPSA) is 73.2 Å². The lowest BCUT2D eigenvalue weighted by atomic mass is 9.49. The molecule has 2 aromatic heterocycles. The molecule has 0 radical (unpaired) electrons. The van der Waals surface area contributed by atoms with Gasteiger partial charge in [0.15, 0.2) is 5.16 Å². The minimum absolute atomic E-state index is 0.00806. The summed E-state index contributed by atoms with van der Waals surface area (Å²) in [4.78, 5) is 34.3. The van der Waals surface area contributed by atoms with Crippen molar-refractivity contribution in [3.8, 4) is 11.4 Å². The van der Waals surface area contributed by atoms with E-state index in [-0.39, 0.29) is 17.2 Å². The maximum Gasteiger partial charge on any atom is 0.267 e. The van der Waals surface area contributed by atoms with Crippen LogP contribution in [0.15, 0.2) is 28.2 Å². The van der Waals surface area contributed by atoms with Crippen molar-refractivity contribution in [3.05, 3.63) is 44.0 Å². The van der Waals surface area contributed by atoms with Gasteiger partial charge in [0.25, 0.3) is 5.56 Å². The van der Waals surface area contributed by atoms with Crippen LogP contribution in [0.1, 0.15) is 62.3 Å². The molecule has 4 fully saturated rings. The maximum absolute atomic E-state index is 14.1. The molecule has 0 aliphatic heterocycles. The van der Waals surface area contributed by atoms with Crippen molar-refractivity contribution in [2.45, 2.75) is 69.9 Å². The van der Waals surface area contributed by atoms with Gasteiger partial charge in [0.2, 0.25) is 5.91 Å². The van der Waals surface area contributed by atoms with Crippen LogP contribution in [0.2, 0.25) is 5.02 Å². The minimum Gasteiger partial charge on any atom is -0.495 e. The fourth-order valence-electron chi connectivity index (χ4n) is 8.46. The number of methoxy groups -OCH3 is 1. The lowest BCUT2D eigenvalue weighted by Crippen LogP contribution is -2.51. The summed E-state index contributed by atoms with van der Waals surface area (Å²) in [5.41, 5.74) is 1.98. The van der Waals surface area contributed by atoms with E-state index in [1.165, 1.54) is 55.2 Å². The third-order valence-electron chi connectivity index (χ3n) is 9.85. The molecule has 5 aliphatic rings. The van der Waals surface area contributed by atoms with E-state index in [9.17, 15) is 9.59 Å². The van der Waals surface area contributed by atoms with Crippen LogP contribution in [0.5, 0.6) is 5.75 Å². The molecule has 1 aromatic carbocycles. The summed E-state index contributed by atoms with van der Waals surface area (Å²) >= 11 is 9.45. The second kappa shape index (κ2) is 10.4. The summed E-state index contributed by atoms with van der Waals surface area (Å²) in [5, 5.41) is 4.95. The molecule has 1 atom stereocenters. The molecule has 0 spiro atoms. The monoisotopic (exact) mass is 597 g/mol. The number of thiophene rings is 1. The van der Waals surface area contributed by atoms with Crippen LogP contribution in [0.4, 0.5) is 0 Å². The second-order valence-corrected chi connectivity index (χ2v) is 15.3. The highest BCUT2D eigenvalue weighted by Gasteiger charge is 2.50. The van der Waals surface area contributed by atoms with Gasteiger partial charge in [-0.05, 0) is 111 Å². The van der Waals surface area contributed by atoms with Gasteiger partial charge in [-0.2, -0.15) is 0 Å². The van der Waals surface area contributed by atoms with Gasteiger partial charge in [-0.3, -0.25) is 14.2 Å². The van der Waals surface area contributed by atoms with Crippen molar-refractivity contribution >= 4 is 50.8 Å². The molecule has 6 nitrogen and oxygen atoms in total. The molecule has 4 bridgehead atoms. The third kappa shape index (κ3) is 4.78. The first-order chi connectivity index (χ1) is 19.3. The second-order valence-electron chi connectivity index (χ2n) is 12.9. The SMILES string of the molecule is COc1ccc(-n2c(SCC(=O)NCC34CC5CC(CC(C5)C3)C4)nc3sc4c(c3c2=O)CCC(C)C4)cc1Cl. The molecule has 3 aromatic rings. The average Bonchev–Trinajstić information content (AvgIpc) is 3.27. The predicted octanol–water partition coefficient (Wildman–Crippen LogP) is 6.66. The average molecular weight is 598 g/mol. The Morgan fingerprint density at radius 2 is 1.95 bits per heavy atom. The molecule has 1 amide bonds. The number of thioether (sulfide) groups is 1. The van der Waals surface area contributed by atoms with Crippen LogP contribution in [0, 0.1) is 29.1 Å². The lowest BCUT2D eigenvalue weighted by Gasteiger charge is -2.56. The Morgan fingerprint density at radius 3 is 2.62 bits per heavy atom. The highest BCUT2D eigenvalue weighted by molar-refractivity contribution is 7.99. The van der Waals surface area contributed by atoms with Crippen LogP contribution in [0.25, 0.3) is 15.9 Å². The summed E-state index contributed by atoms with van der Waals surface area (Å²) in [6, 6.07) is 5.34. The molecule has 4 saturated carbocycles. The Labute approximate surface area is 248 Å². The van der Waals surface area contributed by atoms with Gasteiger partial charge < -0.3 is 10.1 Å². The number of amides is 1. The molecular formula is C31H36ClN3O3S2. The number of aromatic nitrogens is 2. The highest BCUT2D eigenvalue weighted by atomic mass is 35.5. The smallest absolute Gasteiger partial charge is 0.267 e. The number of carbonyl (C=O) groups excluding carboxylic acids is 1. The Hall–Kier alpha value is -2.03. The zero-order chi connectivity index (χ0) is 27.6. The Bertz CT molecular complexity index is 1510. The number of rotatable bonds is 7. The summed E-state index contributed by atoms with van der Waals surface area (Å²) in [6.45, 7) is 3.04. The zero-order valence-electron chi connectivity index (χ0n) is 23.1. The third-order valence-corrected chi connectivity index (χ3v) is 12.2. The van der Waals surface area contributed by atoms with Gasteiger partial charge in [0.05, 0.1) is 29.0 Å². The van der Waals surface area contributed by atoms with E-state index in [4.69, 9.17) is 21.3 Å². The number of aryl methyl sites for hydroxylation is 1. The van der Waals surface area contributed by atoms with E-state index in [1.54, 1.807) is 35.1 Å². The maximum atomic E-state index is 14.1. The van der Waals surface area contributed by atoms with Gasteiger partial charge in [-0.15, -0.1) is 11.3 Å². The van der Waals surface area contributed by atoms with E-state index >= 15 is 0 Å². The van der Waals surface area contributed by atoms with Crippen molar-refractivity contribution in [2.24, 2.45) is 29.1 Å². The molecule has 8 rings (SSSR count). The molecule has 9 heteroatoms. The van der Waals surface area contributed by atoms with Crippen LogP contribution in [-0.4, -0.2) is 34.9 Å². The van der Waals surface area contributed by atoms with E-state index in [1.807, 2.05) is 6.07 Å². The quantitative estimate of drug-likeness (QED) is 0.244. The van der Waals surface area contributed by atoms with Crippen LogP contribution >= 0.6 is 34.7 Å². The van der Waals surface area contributed by atoms with Gasteiger partial charge in [0.1, 0.15) is 10.6 Å². The van der Waals surface area contributed by atoms with Crippen molar-refractivity contribution in [1.29, 1.82) is 0 Å². The number of nitrogens with zero attached hydrogens (tertiary/aromatic N) is 2. The number of hydrogen-bond donors (Lipinski definition) is 1. The number of fused-ring (bicyclic) bond motifs is 3. The number of carbonyl (C=O) groups is 1. The lowest BCUT2D eigenvalue weighted by molar-refractivity contribution is -0.120. The van der Waals surface area contributed by atoms with Gasteiger partial charge in [0, 0.05) is 11.4 Å². The Kier molecular flexibility index (Phi) is 6.95. The highest BCUT2D eigenvalue weighted by Crippen LogP contribution is 2.59. The number of benzene rings is 1. The van der Waals surface area contributed by atoms with Crippen molar-refractivity contribution in [2.75, 3.05) is 19.4 Å². The molecule has 212 valence electrons. The molecule has 0 saturated heterocycles. The summed E-state index contributed by atoms with van der Waals surface area (Å²) in [5.74, 6) is 3.96. The summed E-state index contributed by atoms with van der Waals surface area (Å²) < 4.78 is 6.98. The van der Waals surface area contributed by atoms with E-state index in [2.05, 4.69) is 12.2 Å². The fourth-order valence-corrected chi connectivity index (χ4v) is 11.0. The first kappa shape index (κ1) is 26.8. The first-order valence-corrected chi connectivity index (χ1v) is 16.8. The molecular weight excluding hydrogens is 562 g/mol. The van der Waals surface area contributed by atoms with Crippen molar-refractivity contribution < 1.29 is 9.53 Å². The molecule has 1 N–H and O–H groups in total. The van der Waals surface area contributed by atoms with Gasteiger partial charge in [-0.25, -0.2) is 4.98 Å². The standard InChI is InChI=1S/C31H36ClN3O3S2/c1-17-3-5-22-25(7-17)40-28-27(22)29(37)35(21-4-6-24(38-2)23(32)11-21)30(34-28)39-15-26(36)33-16-31-12-18-8-19(13-31)10-20(9-18)14-31/h4,6,11,17-20H,3,5,7-10,12-16H2,1-2H3,(H,33,36). The van der Waals surface area contributed by atoms with E-state index < -0.39 is 0 Å². The minimum atomic E-state index is -0.0882. The van der Waals surface area contributed by atoms with E-state index in [0.29, 0.717) is 32.9 Å². The first-order valence-electron chi connectivity index (χ1n) is 14.6. The van der Waals surface area contributed by atoms with Gasteiger partial charge in [-0.1, -0.05) is 30.3 Å². The Morgan fingerprint density at radius 1 is 1.23 bits per heavy atom. The molecule has 40 heavy (non-hydrogen) atoms. The number of halogens is 1. The normalized spacial score (nSPS) is 28.6. The summed E-state index contributed by atoms with van der Waals surface area (Å²) in [6.07, 6.45) is 11.0. The number of nitrogens with one attached hydrogen (secondary N) is 1. The number of hydrogen-bond acceptors (Lipinski definition) is 6. The zero-order valence-corrected chi connectivity index (χ0v) is 25.5. The van der Waals surface area contributed by atoms with Crippen LogP contribution < -0.4 is 15.6 Å². The molecule has 2 heterocycles. The fraction of sp³-hybridized carbons (Fsp3) is 0.581. The Balaban J connectivity index is 1.17. The van der Waals surface area contributed by atoms with Crippen LogP contribution in [-0.2, 0) is 17.6 Å². The predicted molar refractivity (Wildman–Crippen MR) is 162 cm³/mol. The summed E-state index contributed by atoms with van der Waals surface area (Å²) in [7, 11) is 1.57. The van der Waals surface area contributed by atoms with Crippen molar-refractivity contribution in [3.63, 3.8) is 0 Å². The molecule has 5 aliphatic carbocycles. The molecule has 1 unspecified atom stereocenters. The number of ether oxygens (including phenoxy) is 1. The largest absolute Gasteiger partial charge is 0.495 e. The van der Waals surface area contributed by atoms with Crippen LogP contribution in [0.3, 0.4) is 0 Å². The van der Waals surface area contributed by atoms with E-state index in [0.717, 1.165) is 59.3 Å². The van der Waals surface area contributed by atoms with Gasteiger partial charge >= 0.3 is 0 Å².